The summed E-state index contributed by atoms with van der Waals surface area (Å²) >= 11 is 0. The van der Waals surface area contributed by atoms with Gasteiger partial charge in [-0.25, -0.2) is 0 Å². The lowest BCUT2D eigenvalue weighted by atomic mass is 10.0. The number of ether oxygens (including phenoxy) is 1. The molecule has 0 saturated heterocycles. The lowest BCUT2D eigenvalue weighted by Gasteiger charge is -2.22. The molecule has 2 unspecified atom stereocenters. The number of allylic oxidation sites excluding steroid dienone is 6. The molecule has 0 aliphatic carbocycles. The molecule has 0 aliphatic rings. The van der Waals surface area contributed by atoms with Gasteiger partial charge in [0.1, 0.15) is 0 Å². The van der Waals surface area contributed by atoms with Crippen molar-refractivity contribution in [3.05, 3.63) is 36.5 Å². The summed E-state index contributed by atoms with van der Waals surface area (Å²) in [6.45, 7) is 4.94. The molecule has 0 aromatic heterocycles. The van der Waals surface area contributed by atoms with Crippen LogP contribution in [0.15, 0.2) is 36.5 Å². The van der Waals surface area contributed by atoms with E-state index in [9.17, 15) is 19.8 Å². The van der Waals surface area contributed by atoms with E-state index in [1.54, 1.807) is 0 Å². The van der Waals surface area contributed by atoms with Crippen LogP contribution in [-0.2, 0) is 14.3 Å². The molecule has 0 aromatic rings. The maximum Gasteiger partial charge on any atom is 0.305 e. The Kier molecular flexibility index (Phi) is 65.9. The average Bonchev–Trinajstić information content (AvgIpc) is 3.44. The zero-order valence-corrected chi connectivity index (χ0v) is 52.7. The minimum Gasteiger partial charge on any atom is -0.466 e. The SMILES string of the molecule is CCCCCC/C=C\CCCCCCCC(=O)OCCCCCCCCCCCCCCCCC/C=C\C/C=C\CCCCCCCCCCCCCCCCCCCC(=O)NC(CO)C(O)CCCCCCCCCCC. The molecule has 1 amide bonds. The van der Waals surface area contributed by atoms with E-state index < -0.39 is 12.1 Å². The summed E-state index contributed by atoms with van der Waals surface area (Å²) in [6, 6.07) is -0.537. The number of aliphatic hydroxyl groups is 2. The van der Waals surface area contributed by atoms with E-state index in [0.717, 1.165) is 51.4 Å². The maximum absolute atomic E-state index is 12.4. The van der Waals surface area contributed by atoms with Crippen LogP contribution in [0.4, 0.5) is 0 Å². The number of aliphatic hydroxyl groups excluding tert-OH is 2. The topological polar surface area (TPSA) is 95.9 Å². The summed E-state index contributed by atoms with van der Waals surface area (Å²) in [5, 5.41) is 23.1. The molecular formula is C72H137NO5. The molecule has 6 heteroatoms. The largest absolute Gasteiger partial charge is 0.466 e. The highest BCUT2D eigenvalue weighted by atomic mass is 16.5. The first-order chi connectivity index (χ1) is 38.5. The molecule has 0 aliphatic heterocycles. The number of carbonyl (C=O) groups excluding carboxylic acids is 2. The van der Waals surface area contributed by atoms with E-state index in [0.29, 0.717) is 25.9 Å². The Morgan fingerprint density at radius 1 is 0.359 bits per heavy atom. The average molecular weight is 1100 g/mol. The number of hydrogen-bond acceptors (Lipinski definition) is 5. The molecule has 0 aromatic carbocycles. The summed E-state index contributed by atoms with van der Waals surface area (Å²) in [4.78, 5) is 24.5. The van der Waals surface area contributed by atoms with E-state index >= 15 is 0 Å². The van der Waals surface area contributed by atoms with Crippen LogP contribution in [0.2, 0.25) is 0 Å². The molecule has 0 bridgehead atoms. The molecule has 2 atom stereocenters. The summed E-state index contributed by atoms with van der Waals surface area (Å²) in [6.07, 6.45) is 86.5. The molecular weight excluding hydrogens is 959 g/mol. The van der Waals surface area contributed by atoms with Crippen LogP contribution in [-0.4, -0.2) is 47.4 Å². The molecule has 0 heterocycles. The second kappa shape index (κ2) is 67.6. The van der Waals surface area contributed by atoms with Gasteiger partial charge in [-0.15, -0.1) is 0 Å². The van der Waals surface area contributed by atoms with Crippen molar-refractivity contribution in [2.24, 2.45) is 0 Å². The van der Waals surface area contributed by atoms with Crippen LogP contribution in [0.3, 0.4) is 0 Å². The highest BCUT2D eigenvalue weighted by molar-refractivity contribution is 5.76. The predicted octanol–water partition coefficient (Wildman–Crippen LogP) is 22.7. The standard InChI is InChI=1S/C72H137NO5/c1-3-5-7-9-11-13-14-42-46-50-54-58-62-66-72(77)78-67-63-59-55-51-47-44-41-39-37-35-33-31-29-27-25-23-21-19-17-15-16-18-20-22-24-26-28-30-32-34-36-38-40-43-45-49-53-57-61-65-71(76)73-69(68-74)70(75)64-60-56-52-48-12-10-8-6-4-2/h13-16,19,21,69-70,74-75H,3-12,17-18,20,22-68H2,1-2H3,(H,73,76)/b14-13-,16-15-,21-19-. The third-order valence-corrected chi connectivity index (χ3v) is 16.4. The van der Waals surface area contributed by atoms with E-state index in [1.807, 2.05) is 0 Å². The Bertz CT molecular complexity index is 1260. The normalized spacial score (nSPS) is 12.7. The van der Waals surface area contributed by atoms with Crippen molar-refractivity contribution in [2.45, 2.75) is 398 Å². The minimum absolute atomic E-state index is 0.0111. The summed E-state index contributed by atoms with van der Waals surface area (Å²) in [5.41, 5.74) is 0. The molecule has 78 heavy (non-hydrogen) atoms. The van der Waals surface area contributed by atoms with Crippen LogP contribution in [0, 0.1) is 0 Å². The van der Waals surface area contributed by atoms with Gasteiger partial charge in [0.05, 0.1) is 25.4 Å². The van der Waals surface area contributed by atoms with Gasteiger partial charge in [-0.2, -0.15) is 0 Å². The molecule has 0 saturated carbocycles. The Balaban J connectivity index is 3.32. The quantitative estimate of drug-likeness (QED) is 0.0320. The van der Waals surface area contributed by atoms with Gasteiger partial charge in [0.15, 0.2) is 0 Å². The Morgan fingerprint density at radius 2 is 0.641 bits per heavy atom. The van der Waals surface area contributed by atoms with Gasteiger partial charge in [-0.1, -0.05) is 326 Å². The Hall–Kier alpha value is -1.92. The van der Waals surface area contributed by atoms with Gasteiger partial charge in [0.25, 0.3) is 0 Å². The molecule has 0 rings (SSSR count). The highest BCUT2D eigenvalue weighted by Gasteiger charge is 2.20. The second-order valence-electron chi connectivity index (χ2n) is 24.2. The van der Waals surface area contributed by atoms with Crippen molar-refractivity contribution in [1.29, 1.82) is 0 Å². The van der Waals surface area contributed by atoms with Crippen LogP contribution >= 0.6 is 0 Å². The fraction of sp³-hybridized carbons (Fsp3) is 0.889. The van der Waals surface area contributed by atoms with Gasteiger partial charge < -0.3 is 20.3 Å². The van der Waals surface area contributed by atoms with E-state index in [4.69, 9.17) is 4.74 Å². The number of hydrogen-bond donors (Lipinski definition) is 3. The monoisotopic (exact) mass is 1100 g/mol. The van der Waals surface area contributed by atoms with Crippen LogP contribution in [0.25, 0.3) is 0 Å². The van der Waals surface area contributed by atoms with E-state index in [1.165, 1.54) is 302 Å². The molecule has 0 spiro atoms. The zero-order valence-electron chi connectivity index (χ0n) is 52.7. The summed E-state index contributed by atoms with van der Waals surface area (Å²) < 4.78 is 5.48. The number of carbonyl (C=O) groups is 2. The van der Waals surface area contributed by atoms with Crippen molar-refractivity contribution in [1.82, 2.24) is 5.32 Å². The third-order valence-electron chi connectivity index (χ3n) is 16.4. The van der Waals surface area contributed by atoms with Crippen molar-refractivity contribution >= 4 is 11.9 Å². The fourth-order valence-corrected chi connectivity index (χ4v) is 11.0. The smallest absolute Gasteiger partial charge is 0.305 e. The number of amides is 1. The zero-order chi connectivity index (χ0) is 56.4. The molecule has 460 valence electrons. The molecule has 0 fully saturated rings. The van der Waals surface area contributed by atoms with Crippen molar-refractivity contribution in [3.63, 3.8) is 0 Å². The number of unbranched alkanes of at least 4 members (excludes halogenated alkanes) is 49. The van der Waals surface area contributed by atoms with Gasteiger partial charge in [0.2, 0.25) is 5.91 Å². The highest BCUT2D eigenvalue weighted by Crippen LogP contribution is 2.18. The van der Waals surface area contributed by atoms with Gasteiger partial charge in [-0.3, -0.25) is 9.59 Å². The number of nitrogens with one attached hydrogen (secondary N) is 1. The first-order valence-corrected chi connectivity index (χ1v) is 35.2. The second-order valence-corrected chi connectivity index (χ2v) is 24.2. The van der Waals surface area contributed by atoms with Crippen LogP contribution < -0.4 is 5.32 Å². The third kappa shape index (κ3) is 63.3. The summed E-state index contributed by atoms with van der Waals surface area (Å²) in [5.74, 6) is -0.0218. The number of esters is 1. The summed E-state index contributed by atoms with van der Waals surface area (Å²) in [7, 11) is 0. The van der Waals surface area contributed by atoms with Crippen molar-refractivity contribution < 1.29 is 24.5 Å². The molecule has 0 radical (unpaired) electrons. The maximum atomic E-state index is 12.4. The lowest BCUT2D eigenvalue weighted by Crippen LogP contribution is -2.45. The Morgan fingerprint density at radius 3 is 1.00 bits per heavy atom. The minimum atomic E-state index is -0.659. The van der Waals surface area contributed by atoms with Gasteiger partial charge >= 0.3 is 5.97 Å². The first kappa shape index (κ1) is 76.1. The van der Waals surface area contributed by atoms with E-state index in [2.05, 4.69) is 55.6 Å². The van der Waals surface area contributed by atoms with Crippen molar-refractivity contribution in [3.8, 4) is 0 Å². The van der Waals surface area contributed by atoms with E-state index in [-0.39, 0.29) is 18.5 Å². The molecule has 3 N–H and O–H groups in total. The molecule has 6 nitrogen and oxygen atoms in total. The van der Waals surface area contributed by atoms with Gasteiger partial charge in [0, 0.05) is 12.8 Å². The van der Waals surface area contributed by atoms with Crippen LogP contribution in [0.1, 0.15) is 386 Å². The lowest BCUT2D eigenvalue weighted by molar-refractivity contribution is -0.143. The predicted molar refractivity (Wildman–Crippen MR) is 343 cm³/mol. The van der Waals surface area contributed by atoms with Crippen molar-refractivity contribution in [2.75, 3.05) is 13.2 Å². The van der Waals surface area contributed by atoms with Crippen LogP contribution in [0.5, 0.6) is 0 Å². The van der Waals surface area contributed by atoms with Gasteiger partial charge in [-0.05, 0) is 83.5 Å². The number of rotatable bonds is 66. The fourth-order valence-electron chi connectivity index (χ4n) is 11.0. The Labute approximate surface area is 487 Å². The first-order valence-electron chi connectivity index (χ1n) is 35.2.